The highest BCUT2D eigenvalue weighted by Crippen LogP contribution is 2.22. The first-order valence-corrected chi connectivity index (χ1v) is 8.94. The number of carboxylic acids is 1. The number of aromatic nitrogens is 1. The van der Waals surface area contributed by atoms with Gasteiger partial charge in [-0.15, -0.1) is 0 Å². The molecular weight excluding hydrogens is 330 g/mol. The Morgan fingerprint density at radius 2 is 1.85 bits per heavy atom. The minimum atomic E-state index is -1.19. The fourth-order valence-electron chi connectivity index (χ4n) is 2.93. The Kier molecular flexibility index (Phi) is 6.89. The first-order chi connectivity index (χ1) is 12.5. The van der Waals surface area contributed by atoms with Crippen LogP contribution in [0.3, 0.4) is 0 Å². The summed E-state index contributed by atoms with van der Waals surface area (Å²) in [4.78, 5) is 27.3. The van der Waals surface area contributed by atoms with Crippen LogP contribution < -0.4 is 0 Å². The number of aromatic carboxylic acids is 1. The Hall–Kier alpha value is -2.69. The highest BCUT2D eigenvalue weighted by molar-refractivity contribution is 6.01. The maximum atomic E-state index is 11.8. The molecule has 1 atom stereocenters. The summed E-state index contributed by atoms with van der Waals surface area (Å²) < 4.78 is 4.87. The normalized spacial score (nSPS) is 11.8. The Bertz CT molecular complexity index is 768. The second-order valence-electron chi connectivity index (χ2n) is 6.37. The van der Waals surface area contributed by atoms with E-state index in [2.05, 4.69) is 43.1 Å². The van der Waals surface area contributed by atoms with Gasteiger partial charge in [0.2, 0.25) is 0 Å². The number of hydrogen-bond donors (Lipinski definition) is 1. The topological polar surface area (TPSA) is 76.5 Å². The number of rotatable bonds is 8. The average molecular weight is 355 g/mol. The van der Waals surface area contributed by atoms with E-state index in [0.29, 0.717) is 12.3 Å². The molecule has 138 valence electrons. The molecule has 0 aliphatic carbocycles. The van der Waals surface area contributed by atoms with E-state index in [0.717, 1.165) is 24.0 Å². The van der Waals surface area contributed by atoms with E-state index < -0.39 is 11.9 Å². The molecule has 0 fully saturated rings. The molecule has 1 aromatic heterocycles. The quantitative estimate of drug-likeness (QED) is 0.708. The lowest BCUT2D eigenvalue weighted by atomic mass is 9.94. The highest BCUT2D eigenvalue weighted by Gasteiger charge is 2.20. The Morgan fingerprint density at radius 1 is 1.15 bits per heavy atom. The molecule has 0 saturated heterocycles. The molecule has 1 aromatic carbocycles. The van der Waals surface area contributed by atoms with Gasteiger partial charge in [0.15, 0.2) is 5.69 Å². The average Bonchev–Trinajstić information content (AvgIpc) is 2.62. The van der Waals surface area contributed by atoms with Crippen molar-refractivity contribution in [3.05, 3.63) is 64.5 Å². The predicted octanol–water partition coefficient (Wildman–Crippen LogP) is 4.45. The van der Waals surface area contributed by atoms with Crippen molar-refractivity contribution in [2.24, 2.45) is 0 Å². The smallest absolute Gasteiger partial charge is 0.357 e. The summed E-state index contributed by atoms with van der Waals surface area (Å²) in [5.41, 5.74) is 2.82. The lowest BCUT2D eigenvalue weighted by molar-refractivity contribution is 0.0507. The van der Waals surface area contributed by atoms with Crippen molar-refractivity contribution < 1.29 is 19.4 Å². The van der Waals surface area contributed by atoms with Crippen LogP contribution >= 0.6 is 0 Å². The first-order valence-electron chi connectivity index (χ1n) is 8.94. The summed E-state index contributed by atoms with van der Waals surface area (Å²) in [5, 5.41) is 9.37. The summed E-state index contributed by atoms with van der Waals surface area (Å²) in [6.07, 6.45) is 4.39. The molecule has 0 amide bonds. The van der Waals surface area contributed by atoms with Crippen molar-refractivity contribution in [3.8, 4) is 0 Å². The fourth-order valence-corrected chi connectivity index (χ4v) is 2.93. The lowest BCUT2D eigenvalue weighted by Crippen LogP contribution is -2.14. The SMILES string of the molecule is CCCC(C)c1ccc(Cc2cnc(C(=O)OCC)c(C(=O)O)c2)cc1. The van der Waals surface area contributed by atoms with Gasteiger partial charge >= 0.3 is 11.9 Å². The van der Waals surface area contributed by atoms with Crippen LogP contribution in [0.1, 0.15) is 77.1 Å². The largest absolute Gasteiger partial charge is 0.478 e. The Labute approximate surface area is 154 Å². The summed E-state index contributed by atoms with van der Waals surface area (Å²) in [6.45, 7) is 6.23. The van der Waals surface area contributed by atoms with Crippen LogP contribution in [0, 0.1) is 0 Å². The molecule has 2 aromatic rings. The molecule has 0 bridgehead atoms. The van der Waals surface area contributed by atoms with Crippen molar-refractivity contribution in [2.45, 2.75) is 46.0 Å². The van der Waals surface area contributed by atoms with E-state index in [1.807, 2.05) is 0 Å². The van der Waals surface area contributed by atoms with Gasteiger partial charge in [-0.1, -0.05) is 44.5 Å². The number of esters is 1. The molecule has 26 heavy (non-hydrogen) atoms. The van der Waals surface area contributed by atoms with E-state index in [1.54, 1.807) is 6.92 Å². The van der Waals surface area contributed by atoms with E-state index in [4.69, 9.17) is 4.74 Å². The van der Waals surface area contributed by atoms with Gasteiger partial charge in [0, 0.05) is 6.20 Å². The van der Waals surface area contributed by atoms with Crippen LogP contribution in [0.25, 0.3) is 0 Å². The molecular formula is C21H25NO4. The van der Waals surface area contributed by atoms with Gasteiger partial charge in [0.25, 0.3) is 0 Å². The molecule has 1 heterocycles. The van der Waals surface area contributed by atoms with Gasteiger partial charge in [0.05, 0.1) is 12.2 Å². The maximum absolute atomic E-state index is 11.8. The van der Waals surface area contributed by atoms with E-state index in [-0.39, 0.29) is 17.9 Å². The molecule has 0 saturated carbocycles. The maximum Gasteiger partial charge on any atom is 0.357 e. The molecule has 1 N–H and O–H groups in total. The molecule has 0 aliphatic heterocycles. The second kappa shape index (κ2) is 9.13. The number of carbonyl (C=O) groups is 2. The van der Waals surface area contributed by atoms with Crippen molar-refractivity contribution in [1.82, 2.24) is 4.98 Å². The van der Waals surface area contributed by atoms with Crippen LogP contribution in [0.4, 0.5) is 0 Å². The number of carbonyl (C=O) groups excluding carboxylic acids is 1. The van der Waals surface area contributed by atoms with Crippen LogP contribution in [0.2, 0.25) is 0 Å². The number of ether oxygens (including phenoxy) is 1. The van der Waals surface area contributed by atoms with Gasteiger partial charge < -0.3 is 9.84 Å². The Morgan fingerprint density at radius 3 is 2.42 bits per heavy atom. The molecule has 0 aliphatic rings. The third-order valence-corrected chi connectivity index (χ3v) is 4.32. The van der Waals surface area contributed by atoms with Crippen LogP contribution in [-0.4, -0.2) is 28.6 Å². The van der Waals surface area contributed by atoms with Crippen LogP contribution in [0.5, 0.6) is 0 Å². The van der Waals surface area contributed by atoms with Crippen LogP contribution in [-0.2, 0) is 11.2 Å². The molecule has 0 spiro atoms. The van der Waals surface area contributed by atoms with Crippen molar-refractivity contribution in [3.63, 3.8) is 0 Å². The summed E-state index contributed by atoms with van der Waals surface area (Å²) >= 11 is 0. The zero-order chi connectivity index (χ0) is 19.1. The number of carboxylic acid groups (broad SMARTS) is 1. The van der Waals surface area contributed by atoms with Crippen molar-refractivity contribution >= 4 is 11.9 Å². The van der Waals surface area contributed by atoms with Crippen molar-refractivity contribution in [1.29, 1.82) is 0 Å². The monoisotopic (exact) mass is 355 g/mol. The van der Waals surface area contributed by atoms with Gasteiger partial charge in [0.1, 0.15) is 0 Å². The van der Waals surface area contributed by atoms with Gasteiger partial charge in [-0.25, -0.2) is 14.6 Å². The second-order valence-corrected chi connectivity index (χ2v) is 6.37. The molecule has 5 heteroatoms. The number of pyridine rings is 1. The van der Waals surface area contributed by atoms with Gasteiger partial charge in [-0.3, -0.25) is 0 Å². The zero-order valence-corrected chi connectivity index (χ0v) is 15.5. The van der Waals surface area contributed by atoms with E-state index in [9.17, 15) is 14.7 Å². The highest BCUT2D eigenvalue weighted by atomic mass is 16.5. The third kappa shape index (κ3) is 4.91. The molecule has 1 unspecified atom stereocenters. The predicted molar refractivity (Wildman–Crippen MR) is 99.7 cm³/mol. The van der Waals surface area contributed by atoms with Crippen molar-refractivity contribution in [2.75, 3.05) is 6.61 Å². The van der Waals surface area contributed by atoms with Gasteiger partial charge in [-0.2, -0.15) is 0 Å². The number of nitrogens with zero attached hydrogens (tertiary/aromatic N) is 1. The summed E-state index contributed by atoms with van der Waals surface area (Å²) in [5.74, 6) is -1.38. The number of hydrogen-bond acceptors (Lipinski definition) is 4. The standard InChI is InChI=1S/C21H25NO4/c1-4-6-14(3)17-9-7-15(8-10-17)11-16-12-18(20(23)24)19(22-13-16)21(25)26-5-2/h7-10,12-14H,4-6,11H2,1-3H3,(H,23,24). The third-order valence-electron chi connectivity index (χ3n) is 4.32. The van der Waals surface area contributed by atoms with Gasteiger partial charge in [-0.05, 0) is 48.4 Å². The fraction of sp³-hybridized carbons (Fsp3) is 0.381. The molecule has 2 rings (SSSR count). The zero-order valence-electron chi connectivity index (χ0n) is 15.5. The van der Waals surface area contributed by atoms with Crippen LogP contribution in [0.15, 0.2) is 36.5 Å². The minimum absolute atomic E-state index is 0.130. The van der Waals surface area contributed by atoms with E-state index >= 15 is 0 Å². The molecule has 5 nitrogen and oxygen atoms in total. The lowest BCUT2D eigenvalue weighted by Gasteiger charge is -2.11. The minimum Gasteiger partial charge on any atom is -0.478 e. The summed E-state index contributed by atoms with van der Waals surface area (Å²) in [6, 6.07) is 9.85. The van der Waals surface area contributed by atoms with E-state index in [1.165, 1.54) is 17.8 Å². The molecule has 0 radical (unpaired) electrons. The first kappa shape index (κ1) is 19.6. The summed E-state index contributed by atoms with van der Waals surface area (Å²) in [7, 11) is 0. The number of benzene rings is 1. The Balaban J connectivity index is 2.20.